The summed E-state index contributed by atoms with van der Waals surface area (Å²) in [6.45, 7) is 2.40. The summed E-state index contributed by atoms with van der Waals surface area (Å²) in [4.78, 5) is 11.4. The summed E-state index contributed by atoms with van der Waals surface area (Å²) in [5.41, 5.74) is 0.638. The first-order valence-electron chi connectivity index (χ1n) is 6.36. The number of aliphatic hydroxyl groups is 1. The second-order valence-corrected chi connectivity index (χ2v) is 4.07. The van der Waals surface area contributed by atoms with E-state index in [0.717, 1.165) is 0 Å². The van der Waals surface area contributed by atoms with Crippen molar-refractivity contribution in [1.82, 2.24) is 5.32 Å². The van der Waals surface area contributed by atoms with Gasteiger partial charge in [-0.3, -0.25) is 4.79 Å². The van der Waals surface area contributed by atoms with Crippen LogP contribution in [-0.4, -0.2) is 45.0 Å². The number of ether oxygens (including phenoxy) is 3. The summed E-state index contributed by atoms with van der Waals surface area (Å²) in [5, 5.41) is 12.6. The third-order valence-electron chi connectivity index (χ3n) is 2.72. The van der Waals surface area contributed by atoms with Crippen LogP contribution in [0.4, 0.5) is 0 Å². The van der Waals surface area contributed by atoms with Crippen molar-refractivity contribution in [2.24, 2.45) is 0 Å². The summed E-state index contributed by atoms with van der Waals surface area (Å²) in [6, 6.07) is 5.11. The van der Waals surface area contributed by atoms with Crippen molar-refractivity contribution >= 4 is 5.91 Å². The molecule has 0 bridgehead atoms. The lowest BCUT2D eigenvalue weighted by Crippen LogP contribution is -2.31. The van der Waals surface area contributed by atoms with Crippen LogP contribution in [0.3, 0.4) is 0 Å². The van der Waals surface area contributed by atoms with E-state index in [9.17, 15) is 9.90 Å². The first-order chi connectivity index (χ1) is 9.62. The minimum atomic E-state index is -0.819. The van der Waals surface area contributed by atoms with Gasteiger partial charge >= 0.3 is 0 Å². The fraction of sp³-hybridized carbons (Fsp3) is 0.500. The maximum absolute atomic E-state index is 11.4. The van der Waals surface area contributed by atoms with E-state index in [1.807, 2.05) is 6.92 Å². The molecule has 6 nitrogen and oxygen atoms in total. The highest BCUT2D eigenvalue weighted by atomic mass is 16.5. The molecule has 0 aromatic heterocycles. The van der Waals surface area contributed by atoms with Crippen molar-refractivity contribution in [3.05, 3.63) is 23.8 Å². The van der Waals surface area contributed by atoms with E-state index in [1.54, 1.807) is 25.3 Å². The van der Waals surface area contributed by atoms with E-state index in [2.05, 4.69) is 5.32 Å². The molecule has 0 fully saturated rings. The van der Waals surface area contributed by atoms with Crippen molar-refractivity contribution in [3.63, 3.8) is 0 Å². The average Bonchev–Trinajstić information content (AvgIpc) is 2.49. The first-order valence-corrected chi connectivity index (χ1v) is 6.36. The van der Waals surface area contributed by atoms with Crippen LogP contribution in [0.1, 0.15) is 18.6 Å². The lowest BCUT2D eigenvalue weighted by Gasteiger charge is -2.15. The van der Waals surface area contributed by atoms with Crippen LogP contribution in [-0.2, 0) is 9.53 Å². The molecule has 0 heterocycles. The molecule has 1 rings (SSSR count). The minimum absolute atomic E-state index is 0.00481. The summed E-state index contributed by atoms with van der Waals surface area (Å²) in [5.74, 6) is 0.861. The molecular weight excluding hydrogens is 262 g/mol. The molecule has 1 unspecified atom stereocenters. The Bertz CT molecular complexity index is 436. The molecule has 1 amide bonds. The van der Waals surface area contributed by atoms with Gasteiger partial charge in [0.15, 0.2) is 11.5 Å². The van der Waals surface area contributed by atoms with Crippen LogP contribution in [0.5, 0.6) is 11.5 Å². The lowest BCUT2D eigenvalue weighted by atomic mass is 10.1. The van der Waals surface area contributed by atoms with Crippen LogP contribution in [0.2, 0.25) is 0 Å². The monoisotopic (exact) mass is 283 g/mol. The van der Waals surface area contributed by atoms with Gasteiger partial charge in [-0.05, 0) is 24.6 Å². The number of rotatable bonds is 8. The molecule has 20 heavy (non-hydrogen) atoms. The number of aliphatic hydroxyl groups excluding tert-OH is 1. The Morgan fingerprint density at radius 3 is 2.60 bits per heavy atom. The molecule has 0 radical (unpaired) electrons. The van der Waals surface area contributed by atoms with Crippen LogP contribution in [0, 0.1) is 0 Å². The molecule has 1 aromatic carbocycles. The number of hydrogen-bond acceptors (Lipinski definition) is 5. The van der Waals surface area contributed by atoms with Crippen LogP contribution in [0.15, 0.2) is 18.2 Å². The zero-order valence-corrected chi connectivity index (χ0v) is 12.0. The molecule has 0 saturated carbocycles. The predicted molar refractivity (Wildman–Crippen MR) is 74.0 cm³/mol. The van der Waals surface area contributed by atoms with Gasteiger partial charge in [-0.15, -0.1) is 0 Å². The molecule has 1 aromatic rings. The number of methoxy groups -OCH3 is 2. The van der Waals surface area contributed by atoms with Gasteiger partial charge in [0.2, 0.25) is 5.91 Å². The van der Waals surface area contributed by atoms with E-state index in [-0.39, 0.29) is 19.1 Å². The van der Waals surface area contributed by atoms with E-state index in [4.69, 9.17) is 14.2 Å². The van der Waals surface area contributed by atoms with Crippen molar-refractivity contribution in [1.29, 1.82) is 0 Å². The Morgan fingerprint density at radius 1 is 1.30 bits per heavy atom. The van der Waals surface area contributed by atoms with Gasteiger partial charge in [0.1, 0.15) is 6.61 Å². The molecule has 0 aliphatic heterocycles. The molecule has 2 N–H and O–H groups in total. The van der Waals surface area contributed by atoms with Gasteiger partial charge in [-0.25, -0.2) is 0 Å². The highest BCUT2D eigenvalue weighted by molar-refractivity contribution is 5.77. The average molecular weight is 283 g/mol. The third kappa shape index (κ3) is 4.71. The molecule has 6 heteroatoms. The summed E-state index contributed by atoms with van der Waals surface area (Å²) in [6.07, 6.45) is -0.819. The molecule has 1 atom stereocenters. The van der Waals surface area contributed by atoms with E-state index < -0.39 is 6.10 Å². The summed E-state index contributed by atoms with van der Waals surface area (Å²) in [7, 11) is 3.07. The Morgan fingerprint density at radius 2 is 2.00 bits per heavy atom. The van der Waals surface area contributed by atoms with E-state index in [1.165, 1.54) is 7.11 Å². The zero-order chi connectivity index (χ0) is 15.0. The quantitative estimate of drug-likeness (QED) is 0.741. The van der Waals surface area contributed by atoms with Crippen LogP contribution >= 0.6 is 0 Å². The normalized spacial score (nSPS) is 11.8. The Balaban J connectivity index is 2.59. The third-order valence-corrected chi connectivity index (χ3v) is 2.72. The van der Waals surface area contributed by atoms with Gasteiger partial charge in [0.25, 0.3) is 0 Å². The molecule has 0 saturated heterocycles. The van der Waals surface area contributed by atoms with Crippen LogP contribution < -0.4 is 14.8 Å². The zero-order valence-electron chi connectivity index (χ0n) is 12.0. The number of nitrogens with one attached hydrogen (secondary N) is 1. The maximum atomic E-state index is 11.4. The summed E-state index contributed by atoms with van der Waals surface area (Å²) >= 11 is 0. The predicted octanol–water partition coefficient (Wildman–Crippen LogP) is 0.890. The number of carbonyl (C=O) groups excluding carboxylic acids is 1. The van der Waals surface area contributed by atoms with Crippen molar-refractivity contribution in [3.8, 4) is 11.5 Å². The molecule has 0 aliphatic rings. The molecule has 0 aliphatic carbocycles. The Labute approximate surface area is 118 Å². The van der Waals surface area contributed by atoms with Gasteiger partial charge in [-0.1, -0.05) is 6.07 Å². The summed E-state index contributed by atoms with van der Waals surface area (Å²) < 4.78 is 15.3. The number of amides is 1. The Hall–Kier alpha value is -1.79. The first kappa shape index (κ1) is 16.3. The van der Waals surface area contributed by atoms with E-state index >= 15 is 0 Å². The second kappa shape index (κ2) is 8.39. The SMILES string of the molecule is CCOCC(=O)NCC(O)c1ccc(OC)c(OC)c1. The standard InChI is InChI=1S/C14H21NO5/c1-4-20-9-14(17)15-8-11(16)10-5-6-12(18-2)13(7-10)19-3/h5-7,11,16H,4,8-9H2,1-3H3,(H,15,17). The van der Waals surface area contributed by atoms with Crippen molar-refractivity contribution in [2.75, 3.05) is 34.0 Å². The maximum Gasteiger partial charge on any atom is 0.246 e. The highest BCUT2D eigenvalue weighted by Crippen LogP contribution is 2.29. The number of carbonyl (C=O) groups is 1. The smallest absolute Gasteiger partial charge is 0.246 e. The van der Waals surface area contributed by atoms with Gasteiger partial charge < -0.3 is 24.6 Å². The van der Waals surface area contributed by atoms with Crippen molar-refractivity contribution < 1.29 is 24.1 Å². The van der Waals surface area contributed by atoms with Crippen LogP contribution in [0.25, 0.3) is 0 Å². The fourth-order valence-corrected chi connectivity index (χ4v) is 1.63. The highest BCUT2D eigenvalue weighted by Gasteiger charge is 2.12. The molecule has 0 spiro atoms. The van der Waals surface area contributed by atoms with Gasteiger partial charge in [0.05, 0.1) is 20.3 Å². The fourth-order valence-electron chi connectivity index (χ4n) is 1.63. The number of hydrogen-bond donors (Lipinski definition) is 2. The van der Waals surface area contributed by atoms with E-state index in [0.29, 0.717) is 23.7 Å². The lowest BCUT2D eigenvalue weighted by molar-refractivity contribution is -0.126. The Kier molecular flexibility index (Phi) is 6.83. The largest absolute Gasteiger partial charge is 0.493 e. The molecule has 112 valence electrons. The topological polar surface area (TPSA) is 77.0 Å². The van der Waals surface area contributed by atoms with Gasteiger partial charge in [0, 0.05) is 13.2 Å². The minimum Gasteiger partial charge on any atom is -0.493 e. The second-order valence-electron chi connectivity index (χ2n) is 4.07. The molecular formula is C14H21NO5. The number of benzene rings is 1. The van der Waals surface area contributed by atoms with Crippen molar-refractivity contribution in [2.45, 2.75) is 13.0 Å². The van der Waals surface area contributed by atoms with Gasteiger partial charge in [-0.2, -0.15) is 0 Å².